The number of aryl methyl sites for hydroxylation is 1. The minimum absolute atomic E-state index is 0.00751. The molecule has 0 saturated carbocycles. The molecule has 3 rings (SSSR count). The second-order valence-electron chi connectivity index (χ2n) is 6.07. The van der Waals surface area contributed by atoms with E-state index in [1.807, 2.05) is 0 Å². The minimum Gasteiger partial charge on any atom is -0.452 e. The van der Waals surface area contributed by atoms with Crippen molar-refractivity contribution in [3.05, 3.63) is 74.9 Å². The third-order valence-electron chi connectivity index (χ3n) is 3.80. The number of nitro benzene ring substituents is 1. The number of esters is 1. The molecule has 0 radical (unpaired) electrons. The van der Waals surface area contributed by atoms with E-state index >= 15 is 0 Å². The Morgan fingerprint density at radius 2 is 2.06 bits per heavy atom. The molecule has 0 aliphatic carbocycles. The maximum absolute atomic E-state index is 12.5. The zero-order chi connectivity index (χ0) is 22.4. The molecular formula is C19H15ClN4O6S. The molecule has 0 aliphatic heterocycles. The number of nitrogens with one attached hydrogen (secondary N) is 1. The Balaban J connectivity index is 1.58. The van der Waals surface area contributed by atoms with E-state index < -0.39 is 23.4 Å². The summed E-state index contributed by atoms with van der Waals surface area (Å²) in [4.78, 5) is 39.4. The molecule has 0 aliphatic rings. The number of anilines is 1. The third kappa shape index (κ3) is 6.03. The molecule has 1 heterocycles. The van der Waals surface area contributed by atoms with Gasteiger partial charge in [0.25, 0.3) is 11.6 Å². The fourth-order valence-corrected chi connectivity index (χ4v) is 3.51. The molecule has 0 saturated heterocycles. The van der Waals surface area contributed by atoms with Gasteiger partial charge < -0.3 is 14.6 Å². The number of nitro groups is 1. The van der Waals surface area contributed by atoms with E-state index in [-0.39, 0.29) is 22.0 Å². The first kappa shape index (κ1) is 22.2. The summed E-state index contributed by atoms with van der Waals surface area (Å²) in [6, 6.07) is 10.4. The van der Waals surface area contributed by atoms with Crippen LogP contribution in [0.1, 0.15) is 22.1 Å². The lowest BCUT2D eigenvalue weighted by Gasteiger charge is -2.10. The number of hydrogen-bond acceptors (Lipinski definition) is 9. The summed E-state index contributed by atoms with van der Waals surface area (Å²) in [5.74, 6) is -0.0256. The topological polar surface area (TPSA) is 137 Å². The largest absolute Gasteiger partial charge is 0.452 e. The van der Waals surface area contributed by atoms with Gasteiger partial charge in [0.15, 0.2) is 12.4 Å². The molecule has 160 valence electrons. The Morgan fingerprint density at radius 3 is 2.74 bits per heavy atom. The summed E-state index contributed by atoms with van der Waals surface area (Å²) in [7, 11) is 0. The normalized spacial score (nSPS) is 10.5. The number of benzene rings is 2. The monoisotopic (exact) mass is 462 g/mol. The van der Waals surface area contributed by atoms with Gasteiger partial charge in [0, 0.05) is 17.0 Å². The van der Waals surface area contributed by atoms with Crippen LogP contribution in [0.3, 0.4) is 0 Å². The van der Waals surface area contributed by atoms with Crippen molar-refractivity contribution < 1.29 is 23.8 Å². The molecule has 12 heteroatoms. The molecule has 1 N–H and O–H groups in total. The van der Waals surface area contributed by atoms with Crippen molar-refractivity contribution in [2.45, 2.75) is 17.6 Å². The first-order valence-corrected chi connectivity index (χ1v) is 10.1. The molecule has 0 unspecified atom stereocenters. The van der Waals surface area contributed by atoms with E-state index in [4.69, 9.17) is 20.9 Å². The van der Waals surface area contributed by atoms with Crippen molar-refractivity contribution in [1.82, 2.24) is 10.1 Å². The SMILES string of the molecule is Cc1noc(CSc2ccccc2C(=O)OCC(=O)Nc2ccc([N+](=O)[O-])cc2Cl)n1. The number of aromatic nitrogens is 2. The van der Waals surface area contributed by atoms with E-state index in [2.05, 4.69) is 15.5 Å². The number of amides is 1. The quantitative estimate of drug-likeness (QED) is 0.227. The molecule has 0 fully saturated rings. The maximum Gasteiger partial charge on any atom is 0.339 e. The number of nitrogens with zero attached hydrogens (tertiary/aromatic N) is 3. The highest BCUT2D eigenvalue weighted by Crippen LogP contribution is 2.27. The predicted molar refractivity (Wildman–Crippen MR) is 112 cm³/mol. The number of carbonyl (C=O) groups is 2. The van der Waals surface area contributed by atoms with Crippen LogP contribution in [0, 0.1) is 17.0 Å². The van der Waals surface area contributed by atoms with Crippen LogP contribution in [-0.2, 0) is 15.3 Å². The lowest BCUT2D eigenvalue weighted by molar-refractivity contribution is -0.384. The van der Waals surface area contributed by atoms with E-state index in [9.17, 15) is 19.7 Å². The first-order chi connectivity index (χ1) is 14.8. The number of thioether (sulfide) groups is 1. The van der Waals surface area contributed by atoms with Crippen LogP contribution in [0.2, 0.25) is 5.02 Å². The number of hydrogen-bond donors (Lipinski definition) is 1. The molecular weight excluding hydrogens is 448 g/mol. The third-order valence-corrected chi connectivity index (χ3v) is 5.17. The fourth-order valence-electron chi connectivity index (χ4n) is 2.41. The highest BCUT2D eigenvalue weighted by molar-refractivity contribution is 7.98. The predicted octanol–water partition coefficient (Wildman–Crippen LogP) is 4.03. The number of carbonyl (C=O) groups excluding carboxylic acids is 2. The van der Waals surface area contributed by atoms with E-state index in [0.717, 1.165) is 6.07 Å². The second kappa shape index (κ2) is 10.0. The van der Waals surface area contributed by atoms with Crippen LogP contribution in [0.25, 0.3) is 0 Å². The van der Waals surface area contributed by atoms with Crippen LogP contribution in [0.5, 0.6) is 0 Å². The van der Waals surface area contributed by atoms with Crippen LogP contribution in [-0.4, -0.2) is 33.5 Å². The van der Waals surface area contributed by atoms with E-state index in [1.165, 1.54) is 23.9 Å². The number of rotatable bonds is 8. The van der Waals surface area contributed by atoms with Gasteiger partial charge in [-0.25, -0.2) is 4.79 Å². The molecule has 31 heavy (non-hydrogen) atoms. The molecule has 1 amide bonds. The fraction of sp³-hybridized carbons (Fsp3) is 0.158. The Hall–Kier alpha value is -3.44. The molecule has 0 spiro atoms. The average molecular weight is 463 g/mol. The van der Waals surface area contributed by atoms with Gasteiger partial charge in [-0.15, -0.1) is 11.8 Å². The Labute approximate surface area is 185 Å². The molecule has 0 atom stereocenters. The van der Waals surface area contributed by atoms with Crippen LogP contribution >= 0.6 is 23.4 Å². The van der Waals surface area contributed by atoms with Crippen LogP contribution < -0.4 is 5.32 Å². The summed E-state index contributed by atoms with van der Waals surface area (Å²) in [6.45, 7) is 1.14. The van der Waals surface area contributed by atoms with Crippen molar-refractivity contribution in [3.63, 3.8) is 0 Å². The van der Waals surface area contributed by atoms with Crippen molar-refractivity contribution in [2.24, 2.45) is 0 Å². The molecule has 3 aromatic rings. The van der Waals surface area contributed by atoms with Gasteiger partial charge in [-0.05, 0) is 25.1 Å². The van der Waals surface area contributed by atoms with E-state index in [0.29, 0.717) is 22.4 Å². The zero-order valence-corrected chi connectivity index (χ0v) is 17.6. The van der Waals surface area contributed by atoms with Gasteiger partial charge in [0.2, 0.25) is 5.89 Å². The summed E-state index contributed by atoms with van der Waals surface area (Å²) >= 11 is 7.25. The van der Waals surface area contributed by atoms with Gasteiger partial charge in [0.1, 0.15) is 0 Å². The number of halogens is 1. The van der Waals surface area contributed by atoms with Crippen molar-refractivity contribution in [1.29, 1.82) is 0 Å². The Kier molecular flexibility index (Phi) is 7.21. The minimum atomic E-state index is -0.685. The van der Waals surface area contributed by atoms with Crippen molar-refractivity contribution in [2.75, 3.05) is 11.9 Å². The summed E-state index contributed by atoms with van der Waals surface area (Å²) in [5.41, 5.74) is 0.239. The lowest BCUT2D eigenvalue weighted by Crippen LogP contribution is -2.21. The molecule has 10 nitrogen and oxygen atoms in total. The number of non-ortho nitro benzene ring substituents is 1. The highest BCUT2D eigenvalue weighted by Gasteiger charge is 2.17. The second-order valence-corrected chi connectivity index (χ2v) is 7.49. The summed E-state index contributed by atoms with van der Waals surface area (Å²) < 4.78 is 10.1. The zero-order valence-electron chi connectivity index (χ0n) is 16.0. The smallest absolute Gasteiger partial charge is 0.339 e. The maximum atomic E-state index is 12.5. The van der Waals surface area contributed by atoms with Gasteiger partial charge in [-0.1, -0.05) is 28.9 Å². The Bertz CT molecular complexity index is 1140. The standard InChI is InChI=1S/C19H15ClN4O6S/c1-11-21-18(30-23-11)10-31-16-5-3-2-4-13(16)19(26)29-9-17(25)22-15-7-6-12(24(27)28)8-14(15)20/h2-8H,9-10H2,1H3,(H,22,25). The Morgan fingerprint density at radius 1 is 1.29 bits per heavy atom. The molecule has 0 bridgehead atoms. The van der Waals surface area contributed by atoms with Gasteiger partial charge in [0.05, 0.1) is 26.9 Å². The van der Waals surface area contributed by atoms with Gasteiger partial charge in [-0.3, -0.25) is 14.9 Å². The average Bonchev–Trinajstić information content (AvgIpc) is 3.17. The van der Waals surface area contributed by atoms with Crippen molar-refractivity contribution in [3.8, 4) is 0 Å². The molecule has 1 aromatic heterocycles. The van der Waals surface area contributed by atoms with E-state index in [1.54, 1.807) is 31.2 Å². The van der Waals surface area contributed by atoms with Gasteiger partial charge >= 0.3 is 5.97 Å². The summed E-state index contributed by atoms with van der Waals surface area (Å²) in [5, 5.41) is 16.9. The highest BCUT2D eigenvalue weighted by atomic mass is 35.5. The van der Waals surface area contributed by atoms with Crippen molar-refractivity contribution >= 4 is 46.6 Å². The number of ether oxygens (including phenoxy) is 1. The molecule has 2 aromatic carbocycles. The lowest BCUT2D eigenvalue weighted by atomic mass is 10.2. The van der Waals surface area contributed by atoms with Gasteiger partial charge in [-0.2, -0.15) is 4.98 Å². The van der Waals surface area contributed by atoms with Crippen LogP contribution in [0.15, 0.2) is 51.9 Å². The first-order valence-electron chi connectivity index (χ1n) is 8.75. The van der Waals surface area contributed by atoms with Crippen LogP contribution in [0.4, 0.5) is 11.4 Å². The summed E-state index contributed by atoms with van der Waals surface area (Å²) in [6.07, 6.45) is 0.